The van der Waals surface area contributed by atoms with Gasteiger partial charge in [-0.25, -0.2) is 5.43 Å². The van der Waals surface area contributed by atoms with E-state index < -0.39 is 0 Å². The van der Waals surface area contributed by atoms with Crippen molar-refractivity contribution in [2.45, 2.75) is 13.8 Å². The zero-order valence-electron chi connectivity index (χ0n) is 12.5. The maximum absolute atomic E-state index is 11.7. The molecular formula is C16H18N2O4. The van der Waals surface area contributed by atoms with E-state index >= 15 is 0 Å². The summed E-state index contributed by atoms with van der Waals surface area (Å²) in [6.45, 7) is 4.09. The number of carbonyl (C=O) groups is 1. The topological polar surface area (TPSA) is 73.1 Å². The molecule has 2 rings (SSSR count). The largest absolute Gasteiger partial charge is 0.490 e. The second-order valence-electron chi connectivity index (χ2n) is 4.41. The Bertz CT molecular complexity index is 649. The highest BCUT2D eigenvalue weighted by Crippen LogP contribution is 2.26. The lowest BCUT2D eigenvalue weighted by atomic mass is 10.3. The molecule has 0 saturated carbocycles. The number of hydrogen-bond donors (Lipinski definition) is 1. The van der Waals surface area contributed by atoms with E-state index in [-0.39, 0.29) is 12.5 Å². The van der Waals surface area contributed by atoms with Gasteiger partial charge in [-0.1, -0.05) is 12.1 Å². The summed E-state index contributed by atoms with van der Waals surface area (Å²) in [7, 11) is 0. The molecule has 0 unspecified atom stereocenters. The lowest BCUT2D eigenvalue weighted by molar-refractivity contribution is -0.123. The van der Waals surface area contributed by atoms with E-state index in [1.54, 1.807) is 18.2 Å². The van der Waals surface area contributed by atoms with Gasteiger partial charge in [-0.05, 0) is 38.1 Å². The minimum absolute atomic E-state index is 0.154. The number of furan rings is 1. The molecule has 1 N–H and O–H groups in total. The van der Waals surface area contributed by atoms with Crippen LogP contribution in [0.2, 0.25) is 0 Å². The Balaban J connectivity index is 1.81. The van der Waals surface area contributed by atoms with Gasteiger partial charge in [0.1, 0.15) is 11.5 Å². The van der Waals surface area contributed by atoms with Crippen LogP contribution in [-0.2, 0) is 4.79 Å². The number of nitrogens with one attached hydrogen (secondary N) is 1. The van der Waals surface area contributed by atoms with Gasteiger partial charge in [0, 0.05) is 0 Å². The summed E-state index contributed by atoms with van der Waals surface area (Å²) in [6, 6.07) is 10.8. The van der Waals surface area contributed by atoms with Crippen molar-refractivity contribution in [2.24, 2.45) is 5.10 Å². The first-order valence-corrected chi connectivity index (χ1v) is 6.92. The van der Waals surface area contributed by atoms with Gasteiger partial charge in [0.2, 0.25) is 0 Å². The van der Waals surface area contributed by atoms with Gasteiger partial charge in [0.25, 0.3) is 5.91 Å². The number of ether oxygens (including phenoxy) is 2. The molecule has 0 saturated heterocycles. The van der Waals surface area contributed by atoms with Gasteiger partial charge in [-0.3, -0.25) is 4.79 Å². The molecule has 6 heteroatoms. The number of nitrogens with zero attached hydrogens (tertiary/aromatic N) is 1. The van der Waals surface area contributed by atoms with Crippen molar-refractivity contribution in [1.82, 2.24) is 5.43 Å². The van der Waals surface area contributed by atoms with Crippen LogP contribution in [-0.4, -0.2) is 25.3 Å². The van der Waals surface area contributed by atoms with Gasteiger partial charge in [0.05, 0.1) is 12.8 Å². The molecule has 22 heavy (non-hydrogen) atoms. The third-order valence-electron chi connectivity index (χ3n) is 2.65. The molecular weight excluding hydrogens is 284 g/mol. The fourth-order valence-corrected chi connectivity index (χ4v) is 1.71. The molecule has 0 spiro atoms. The molecule has 0 aliphatic carbocycles. The lowest BCUT2D eigenvalue weighted by Gasteiger charge is -2.10. The van der Waals surface area contributed by atoms with Crippen molar-refractivity contribution in [3.63, 3.8) is 0 Å². The summed E-state index contributed by atoms with van der Waals surface area (Å²) in [5.74, 6) is 2.10. The summed E-state index contributed by atoms with van der Waals surface area (Å²) in [4.78, 5) is 11.7. The van der Waals surface area contributed by atoms with E-state index in [9.17, 15) is 4.79 Å². The van der Waals surface area contributed by atoms with Crippen LogP contribution in [0.1, 0.15) is 18.4 Å². The van der Waals surface area contributed by atoms with Crippen LogP contribution in [0.4, 0.5) is 0 Å². The standard InChI is InChI=1S/C16H18N2O4/c1-3-20-14-6-4-5-7-15(14)21-11-16(19)18-17-10-13-9-8-12(2)22-13/h4-10H,3,11H2,1-2H3,(H,18,19)/b17-10-. The lowest BCUT2D eigenvalue weighted by Crippen LogP contribution is -2.24. The highest BCUT2D eigenvalue weighted by atomic mass is 16.5. The number of aryl methyl sites for hydroxylation is 1. The highest BCUT2D eigenvalue weighted by Gasteiger charge is 2.06. The van der Waals surface area contributed by atoms with Crippen molar-refractivity contribution < 1.29 is 18.7 Å². The van der Waals surface area contributed by atoms with E-state index in [2.05, 4.69) is 10.5 Å². The Kier molecular flexibility index (Phi) is 5.59. The third-order valence-corrected chi connectivity index (χ3v) is 2.65. The van der Waals surface area contributed by atoms with Gasteiger partial charge >= 0.3 is 0 Å². The minimum atomic E-state index is -0.370. The molecule has 1 aromatic carbocycles. The van der Waals surface area contributed by atoms with Gasteiger partial charge < -0.3 is 13.9 Å². The van der Waals surface area contributed by atoms with Gasteiger partial charge in [-0.2, -0.15) is 5.10 Å². The first-order chi connectivity index (χ1) is 10.7. The first-order valence-electron chi connectivity index (χ1n) is 6.92. The summed E-state index contributed by atoms with van der Waals surface area (Å²) in [5, 5.41) is 3.80. The Morgan fingerprint density at radius 2 is 1.95 bits per heavy atom. The average molecular weight is 302 g/mol. The second kappa shape index (κ2) is 7.87. The predicted octanol–water partition coefficient (Wildman–Crippen LogP) is 2.52. The van der Waals surface area contributed by atoms with Crippen LogP contribution in [0.5, 0.6) is 11.5 Å². The monoisotopic (exact) mass is 302 g/mol. The molecule has 1 aromatic heterocycles. The van der Waals surface area contributed by atoms with Gasteiger partial charge in [0.15, 0.2) is 18.1 Å². The highest BCUT2D eigenvalue weighted by molar-refractivity contribution is 5.81. The van der Waals surface area contributed by atoms with Crippen LogP contribution in [0.3, 0.4) is 0 Å². The van der Waals surface area contributed by atoms with Crippen LogP contribution in [0.15, 0.2) is 45.9 Å². The number of benzene rings is 1. The number of para-hydroxylation sites is 2. The molecule has 0 aliphatic rings. The quantitative estimate of drug-likeness (QED) is 0.630. The van der Waals surface area contributed by atoms with Crippen molar-refractivity contribution in [1.29, 1.82) is 0 Å². The molecule has 1 amide bonds. The minimum Gasteiger partial charge on any atom is -0.490 e. The van der Waals surface area contributed by atoms with E-state index in [4.69, 9.17) is 13.9 Å². The van der Waals surface area contributed by atoms with Crippen molar-refractivity contribution >= 4 is 12.1 Å². The maximum Gasteiger partial charge on any atom is 0.277 e. The molecule has 2 aromatic rings. The van der Waals surface area contributed by atoms with E-state index in [0.29, 0.717) is 23.9 Å². The van der Waals surface area contributed by atoms with Crippen LogP contribution in [0.25, 0.3) is 0 Å². The fourth-order valence-electron chi connectivity index (χ4n) is 1.71. The third kappa shape index (κ3) is 4.66. The summed E-state index contributed by atoms with van der Waals surface area (Å²) in [5.41, 5.74) is 2.37. The number of hydrazone groups is 1. The van der Waals surface area contributed by atoms with Crippen LogP contribution in [0, 0.1) is 6.92 Å². The Labute approximate surface area is 128 Å². The van der Waals surface area contributed by atoms with Crippen LogP contribution >= 0.6 is 0 Å². The normalized spacial score (nSPS) is 10.6. The van der Waals surface area contributed by atoms with Crippen molar-refractivity contribution in [2.75, 3.05) is 13.2 Å². The smallest absolute Gasteiger partial charge is 0.277 e. The molecule has 1 heterocycles. The molecule has 0 aliphatic heterocycles. The first kappa shape index (κ1) is 15.6. The second-order valence-corrected chi connectivity index (χ2v) is 4.41. The summed E-state index contributed by atoms with van der Waals surface area (Å²) >= 11 is 0. The number of hydrogen-bond acceptors (Lipinski definition) is 5. The fraction of sp³-hybridized carbons (Fsp3) is 0.250. The Morgan fingerprint density at radius 3 is 2.59 bits per heavy atom. The van der Waals surface area contributed by atoms with E-state index in [1.807, 2.05) is 32.0 Å². The maximum atomic E-state index is 11.7. The molecule has 0 radical (unpaired) electrons. The molecule has 6 nitrogen and oxygen atoms in total. The number of rotatable bonds is 7. The SMILES string of the molecule is CCOc1ccccc1OCC(=O)N/N=C\c1ccc(C)o1. The molecule has 116 valence electrons. The predicted molar refractivity (Wildman–Crippen MR) is 82.3 cm³/mol. The zero-order valence-corrected chi connectivity index (χ0v) is 12.5. The molecule has 0 fully saturated rings. The van der Waals surface area contributed by atoms with Crippen LogP contribution < -0.4 is 14.9 Å². The summed E-state index contributed by atoms with van der Waals surface area (Å²) < 4.78 is 16.1. The van der Waals surface area contributed by atoms with Gasteiger partial charge in [-0.15, -0.1) is 0 Å². The molecule has 0 atom stereocenters. The average Bonchev–Trinajstić information content (AvgIpc) is 2.92. The Morgan fingerprint density at radius 1 is 1.23 bits per heavy atom. The summed E-state index contributed by atoms with van der Waals surface area (Å²) in [6.07, 6.45) is 1.43. The molecule has 0 bridgehead atoms. The number of carbonyl (C=O) groups excluding carboxylic acids is 1. The number of amides is 1. The van der Waals surface area contributed by atoms with E-state index in [1.165, 1.54) is 6.21 Å². The zero-order chi connectivity index (χ0) is 15.8. The Hall–Kier alpha value is -2.76. The van der Waals surface area contributed by atoms with E-state index in [0.717, 1.165) is 5.76 Å². The van der Waals surface area contributed by atoms with Crippen molar-refractivity contribution in [3.8, 4) is 11.5 Å². The van der Waals surface area contributed by atoms with Crippen molar-refractivity contribution in [3.05, 3.63) is 47.9 Å².